The van der Waals surface area contributed by atoms with Crippen LogP contribution in [-0.2, 0) is 4.74 Å². The highest BCUT2D eigenvalue weighted by Crippen LogP contribution is 2.34. The van der Waals surface area contributed by atoms with Gasteiger partial charge in [-0.05, 0) is 52.4 Å². The number of ether oxygens (including phenoxy) is 1. The van der Waals surface area contributed by atoms with E-state index in [-0.39, 0.29) is 11.7 Å². The van der Waals surface area contributed by atoms with E-state index in [2.05, 4.69) is 0 Å². The molecular weight excluding hydrogens is 226 g/mol. The van der Waals surface area contributed by atoms with Gasteiger partial charge < -0.3 is 9.64 Å². The van der Waals surface area contributed by atoms with E-state index in [0.29, 0.717) is 12.0 Å². The summed E-state index contributed by atoms with van der Waals surface area (Å²) in [6.45, 7) is 6.71. The predicted octanol–water partition coefficient (Wildman–Crippen LogP) is 3.97. The molecule has 1 aliphatic heterocycles. The minimum absolute atomic E-state index is 0.101. The molecule has 1 saturated carbocycles. The Balaban J connectivity index is 1.96. The van der Waals surface area contributed by atoms with Crippen molar-refractivity contribution < 1.29 is 9.53 Å². The Morgan fingerprint density at radius 1 is 1.06 bits per heavy atom. The Hall–Kier alpha value is -0.730. The highest BCUT2D eigenvalue weighted by Gasteiger charge is 2.37. The fourth-order valence-electron chi connectivity index (χ4n) is 3.35. The molecule has 0 spiro atoms. The van der Waals surface area contributed by atoms with Crippen LogP contribution in [0.5, 0.6) is 0 Å². The first-order chi connectivity index (χ1) is 8.47. The van der Waals surface area contributed by atoms with Crippen molar-refractivity contribution in [1.29, 1.82) is 0 Å². The molecule has 0 N–H and O–H groups in total. The summed E-state index contributed by atoms with van der Waals surface area (Å²) in [5, 5.41) is 0. The molecule has 1 saturated heterocycles. The van der Waals surface area contributed by atoms with Crippen molar-refractivity contribution in [2.75, 3.05) is 6.54 Å². The highest BCUT2D eigenvalue weighted by atomic mass is 16.6. The molecule has 104 valence electrons. The minimum Gasteiger partial charge on any atom is -0.444 e. The van der Waals surface area contributed by atoms with Crippen LogP contribution < -0.4 is 0 Å². The second kappa shape index (κ2) is 5.50. The molecule has 2 fully saturated rings. The smallest absolute Gasteiger partial charge is 0.410 e. The average Bonchev–Trinajstić information content (AvgIpc) is 2.76. The van der Waals surface area contributed by atoms with Gasteiger partial charge in [0.25, 0.3) is 0 Å². The molecule has 1 aliphatic carbocycles. The van der Waals surface area contributed by atoms with Crippen LogP contribution in [-0.4, -0.2) is 29.2 Å². The van der Waals surface area contributed by atoms with Crippen LogP contribution in [0.2, 0.25) is 0 Å². The van der Waals surface area contributed by atoms with Crippen LogP contribution in [0.1, 0.15) is 65.7 Å². The standard InChI is InChI=1S/C15H27NO2/c1-15(2,3)18-14(17)16-11-7-10-13(16)12-8-5-4-6-9-12/h12-13H,4-11H2,1-3H3. The van der Waals surface area contributed by atoms with Crippen LogP contribution in [0, 0.1) is 5.92 Å². The number of carbonyl (C=O) groups is 1. The highest BCUT2D eigenvalue weighted by molar-refractivity contribution is 5.69. The number of hydrogen-bond acceptors (Lipinski definition) is 2. The number of carbonyl (C=O) groups excluding carboxylic acids is 1. The largest absolute Gasteiger partial charge is 0.444 e. The second-order valence-corrected chi connectivity index (χ2v) is 6.78. The maximum atomic E-state index is 12.2. The van der Waals surface area contributed by atoms with Crippen LogP contribution in [0.15, 0.2) is 0 Å². The van der Waals surface area contributed by atoms with Gasteiger partial charge in [0.2, 0.25) is 0 Å². The van der Waals surface area contributed by atoms with Crippen molar-refractivity contribution in [3.63, 3.8) is 0 Å². The average molecular weight is 253 g/mol. The number of amides is 1. The molecule has 2 aliphatic rings. The zero-order chi connectivity index (χ0) is 13.2. The zero-order valence-electron chi connectivity index (χ0n) is 12.1. The lowest BCUT2D eigenvalue weighted by atomic mass is 9.83. The van der Waals surface area contributed by atoms with E-state index in [9.17, 15) is 4.79 Å². The third-order valence-electron chi connectivity index (χ3n) is 4.12. The van der Waals surface area contributed by atoms with E-state index in [1.165, 1.54) is 38.5 Å². The molecule has 0 aromatic rings. The molecule has 0 radical (unpaired) electrons. The van der Waals surface area contributed by atoms with Gasteiger partial charge in [-0.15, -0.1) is 0 Å². The summed E-state index contributed by atoms with van der Waals surface area (Å²) >= 11 is 0. The maximum absolute atomic E-state index is 12.2. The molecule has 1 atom stereocenters. The van der Waals surface area contributed by atoms with Crippen LogP contribution in [0.3, 0.4) is 0 Å². The third kappa shape index (κ3) is 3.39. The van der Waals surface area contributed by atoms with Crippen molar-refractivity contribution in [3.8, 4) is 0 Å². The summed E-state index contributed by atoms with van der Waals surface area (Å²) in [5.41, 5.74) is -0.378. The van der Waals surface area contributed by atoms with Gasteiger partial charge in [0.1, 0.15) is 5.60 Å². The van der Waals surface area contributed by atoms with Gasteiger partial charge in [0.05, 0.1) is 0 Å². The molecule has 1 heterocycles. The quantitative estimate of drug-likeness (QED) is 0.707. The Morgan fingerprint density at radius 2 is 1.72 bits per heavy atom. The fraction of sp³-hybridized carbons (Fsp3) is 0.933. The van der Waals surface area contributed by atoms with E-state index in [0.717, 1.165) is 13.0 Å². The molecule has 1 amide bonds. The van der Waals surface area contributed by atoms with Gasteiger partial charge in [0.15, 0.2) is 0 Å². The van der Waals surface area contributed by atoms with Crippen molar-refractivity contribution in [3.05, 3.63) is 0 Å². The number of hydrogen-bond donors (Lipinski definition) is 0. The van der Waals surface area contributed by atoms with Crippen LogP contribution in [0.4, 0.5) is 4.79 Å². The third-order valence-corrected chi connectivity index (χ3v) is 4.12. The zero-order valence-corrected chi connectivity index (χ0v) is 12.1. The molecule has 2 rings (SSSR count). The molecule has 0 aromatic carbocycles. The summed E-state index contributed by atoms with van der Waals surface area (Å²) in [6.07, 6.45) is 8.84. The van der Waals surface area contributed by atoms with E-state index < -0.39 is 0 Å². The van der Waals surface area contributed by atoms with E-state index in [1.54, 1.807) is 0 Å². The molecule has 0 aromatic heterocycles. The van der Waals surface area contributed by atoms with Gasteiger partial charge in [-0.3, -0.25) is 0 Å². The SMILES string of the molecule is CC(C)(C)OC(=O)N1CCCC1C1CCCCC1. The van der Waals surface area contributed by atoms with Gasteiger partial charge >= 0.3 is 6.09 Å². The monoisotopic (exact) mass is 253 g/mol. The fourth-order valence-corrected chi connectivity index (χ4v) is 3.35. The lowest BCUT2D eigenvalue weighted by Gasteiger charge is -2.35. The molecule has 3 nitrogen and oxygen atoms in total. The van der Waals surface area contributed by atoms with Gasteiger partial charge in [-0.2, -0.15) is 0 Å². The maximum Gasteiger partial charge on any atom is 0.410 e. The van der Waals surface area contributed by atoms with Crippen LogP contribution in [0.25, 0.3) is 0 Å². The summed E-state index contributed by atoms with van der Waals surface area (Å²) in [4.78, 5) is 14.2. The van der Waals surface area contributed by atoms with Crippen molar-refractivity contribution in [1.82, 2.24) is 4.90 Å². The van der Waals surface area contributed by atoms with E-state index in [4.69, 9.17) is 4.74 Å². The van der Waals surface area contributed by atoms with E-state index >= 15 is 0 Å². The summed E-state index contributed by atoms with van der Waals surface area (Å²) in [5.74, 6) is 0.716. The topological polar surface area (TPSA) is 29.5 Å². The lowest BCUT2D eigenvalue weighted by molar-refractivity contribution is 0.0157. The molecule has 0 bridgehead atoms. The summed E-state index contributed by atoms with van der Waals surface area (Å²) in [7, 11) is 0. The van der Waals surface area contributed by atoms with Crippen LogP contribution >= 0.6 is 0 Å². The molecular formula is C15H27NO2. The lowest BCUT2D eigenvalue weighted by Crippen LogP contribution is -2.43. The molecule has 18 heavy (non-hydrogen) atoms. The summed E-state index contributed by atoms with van der Waals surface area (Å²) < 4.78 is 5.53. The molecule has 1 unspecified atom stereocenters. The predicted molar refractivity (Wildman–Crippen MR) is 72.5 cm³/mol. The Labute approximate surface area is 111 Å². The first kappa shape index (κ1) is 13.7. The minimum atomic E-state index is -0.378. The molecule has 3 heteroatoms. The first-order valence-electron chi connectivity index (χ1n) is 7.47. The summed E-state index contributed by atoms with van der Waals surface area (Å²) in [6, 6.07) is 0.445. The van der Waals surface area contributed by atoms with Crippen molar-refractivity contribution in [2.45, 2.75) is 77.4 Å². The number of rotatable bonds is 1. The second-order valence-electron chi connectivity index (χ2n) is 6.78. The Morgan fingerprint density at radius 3 is 2.33 bits per heavy atom. The van der Waals surface area contributed by atoms with Crippen molar-refractivity contribution in [2.24, 2.45) is 5.92 Å². The number of likely N-dealkylation sites (tertiary alicyclic amines) is 1. The Bertz CT molecular complexity index is 289. The van der Waals surface area contributed by atoms with E-state index in [1.807, 2.05) is 25.7 Å². The van der Waals surface area contributed by atoms with Gasteiger partial charge in [-0.1, -0.05) is 19.3 Å². The number of nitrogens with zero attached hydrogens (tertiary/aromatic N) is 1. The normalized spacial score (nSPS) is 26.4. The van der Waals surface area contributed by atoms with Gasteiger partial charge in [0, 0.05) is 12.6 Å². The Kier molecular flexibility index (Phi) is 4.18. The first-order valence-corrected chi connectivity index (χ1v) is 7.47. The van der Waals surface area contributed by atoms with Crippen molar-refractivity contribution >= 4 is 6.09 Å². The van der Waals surface area contributed by atoms with Gasteiger partial charge in [-0.25, -0.2) is 4.79 Å².